The van der Waals surface area contributed by atoms with Gasteiger partial charge in [-0.1, -0.05) is 36.4 Å². The number of nitrogens with zero attached hydrogens (tertiary/aromatic N) is 1. The minimum Gasteiger partial charge on any atom is -0.464 e. The summed E-state index contributed by atoms with van der Waals surface area (Å²) < 4.78 is 11.6. The average Bonchev–Trinajstić information content (AvgIpc) is 3.71. The first kappa shape index (κ1) is 24.1. The van der Waals surface area contributed by atoms with Crippen molar-refractivity contribution in [2.75, 3.05) is 13.2 Å². The van der Waals surface area contributed by atoms with Crippen molar-refractivity contribution in [3.8, 4) is 11.3 Å². The molecule has 4 aromatic rings. The van der Waals surface area contributed by atoms with Crippen molar-refractivity contribution in [3.05, 3.63) is 94.2 Å². The standard InChI is InChI=1S/C28H29N3O4S/c1-19-11-14-25(35-19)26(27(32)29-17-21-9-5-15-34-21)31(18-22-10-6-16-36-22)28(33)24-13-12-23(30-24)20-7-3-2-4-8-20/h2-4,6-8,10-14,16,21,26,30H,5,9,15,17-18H2,1H3,(H,29,32)/t21-,26+/m1/s1. The minimum absolute atomic E-state index is 0.00813. The Hall–Kier alpha value is -3.62. The first-order valence-electron chi connectivity index (χ1n) is 12.1. The summed E-state index contributed by atoms with van der Waals surface area (Å²) in [7, 11) is 0. The van der Waals surface area contributed by atoms with Crippen LogP contribution in [-0.4, -0.2) is 41.0 Å². The molecule has 0 radical (unpaired) electrons. The molecular weight excluding hydrogens is 474 g/mol. The van der Waals surface area contributed by atoms with Gasteiger partial charge in [0.25, 0.3) is 11.8 Å². The van der Waals surface area contributed by atoms with E-state index >= 15 is 0 Å². The Morgan fingerprint density at radius 2 is 1.97 bits per heavy atom. The normalized spacial score (nSPS) is 16.1. The van der Waals surface area contributed by atoms with Gasteiger partial charge in [0.15, 0.2) is 6.04 Å². The predicted octanol–water partition coefficient (Wildman–Crippen LogP) is 5.32. The number of carbonyl (C=O) groups is 2. The molecule has 7 nitrogen and oxygen atoms in total. The Kier molecular flexibility index (Phi) is 7.34. The third kappa shape index (κ3) is 5.45. The molecule has 1 fully saturated rings. The Balaban J connectivity index is 1.47. The van der Waals surface area contributed by atoms with E-state index in [0.717, 1.165) is 29.0 Å². The Morgan fingerprint density at radius 1 is 1.11 bits per heavy atom. The molecule has 186 valence electrons. The van der Waals surface area contributed by atoms with Crippen LogP contribution in [0.3, 0.4) is 0 Å². The van der Waals surface area contributed by atoms with Gasteiger partial charge in [-0.3, -0.25) is 9.59 Å². The van der Waals surface area contributed by atoms with Crippen LogP contribution in [0.25, 0.3) is 11.3 Å². The summed E-state index contributed by atoms with van der Waals surface area (Å²) in [5.74, 6) is 0.533. The molecule has 4 heterocycles. The molecule has 2 N–H and O–H groups in total. The fourth-order valence-electron chi connectivity index (χ4n) is 4.45. The first-order chi connectivity index (χ1) is 17.6. The molecule has 8 heteroatoms. The third-order valence-electron chi connectivity index (χ3n) is 6.29. The number of aromatic nitrogens is 1. The molecule has 2 amide bonds. The molecule has 0 aliphatic carbocycles. The summed E-state index contributed by atoms with van der Waals surface area (Å²) in [5, 5.41) is 4.97. The number of carbonyl (C=O) groups excluding carboxylic acids is 2. The number of benzene rings is 1. The molecule has 0 bridgehead atoms. The van der Waals surface area contributed by atoms with Gasteiger partial charge in [0.1, 0.15) is 17.2 Å². The van der Waals surface area contributed by atoms with Crippen molar-refractivity contribution < 1.29 is 18.7 Å². The highest BCUT2D eigenvalue weighted by Crippen LogP contribution is 2.29. The zero-order valence-corrected chi connectivity index (χ0v) is 20.9. The van der Waals surface area contributed by atoms with Crippen molar-refractivity contribution in [3.63, 3.8) is 0 Å². The van der Waals surface area contributed by atoms with E-state index < -0.39 is 6.04 Å². The van der Waals surface area contributed by atoms with Gasteiger partial charge in [-0.25, -0.2) is 0 Å². The molecule has 1 aromatic carbocycles. The Bertz CT molecular complexity index is 1290. The predicted molar refractivity (Wildman–Crippen MR) is 139 cm³/mol. The van der Waals surface area contributed by atoms with E-state index in [0.29, 0.717) is 30.4 Å². The number of furan rings is 1. The first-order valence-corrected chi connectivity index (χ1v) is 13.0. The maximum absolute atomic E-state index is 14.0. The van der Waals surface area contributed by atoms with Gasteiger partial charge in [0.2, 0.25) is 0 Å². The van der Waals surface area contributed by atoms with Crippen LogP contribution in [-0.2, 0) is 16.1 Å². The van der Waals surface area contributed by atoms with Crippen molar-refractivity contribution in [2.45, 2.75) is 38.5 Å². The smallest absolute Gasteiger partial charge is 0.271 e. The van der Waals surface area contributed by atoms with Gasteiger partial charge in [0, 0.05) is 23.7 Å². The highest BCUT2D eigenvalue weighted by molar-refractivity contribution is 7.09. The van der Waals surface area contributed by atoms with Crippen LogP contribution in [0.15, 0.2) is 76.5 Å². The van der Waals surface area contributed by atoms with Gasteiger partial charge >= 0.3 is 0 Å². The van der Waals surface area contributed by atoms with Gasteiger partial charge in [-0.2, -0.15) is 0 Å². The lowest BCUT2D eigenvalue weighted by atomic mass is 10.1. The third-order valence-corrected chi connectivity index (χ3v) is 7.15. The van der Waals surface area contributed by atoms with Crippen molar-refractivity contribution in [1.82, 2.24) is 15.2 Å². The molecule has 5 rings (SSSR count). The van der Waals surface area contributed by atoms with E-state index in [1.165, 1.54) is 0 Å². The number of H-pyrrole nitrogens is 1. The van der Waals surface area contributed by atoms with Crippen LogP contribution in [0.1, 0.15) is 45.8 Å². The Morgan fingerprint density at radius 3 is 2.67 bits per heavy atom. The van der Waals surface area contributed by atoms with Crippen molar-refractivity contribution >= 4 is 23.2 Å². The number of aromatic amines is 1. The summed E-state index contributed by atoms with van der Waals surface area (Å²) >= 11 is 1.54. The zero-order valence-electron chi connectivity index (χ0n) is 20.1. The van der Waals surface area contributed by atoms with Gasteiger partial charge in [-0.15, -0.1) is 11.3 Å². The maximum Gasteiger partial charge on any atom is 0.271 e. The number of ether oxygens (including phenoxy) is 1. The van der Waals surface area contributed by atoms with Gasteiger partial charge in [-0.05, 0) is 61.0 Å². The molecule has 3 aromatic heterocycles. The number of rotatable bonds is 9. The summed E-state index contributed by atoms with van der Waals surface area (Å²) in [6.45, 7) is 3.21. The molecule has 0 spiro atoms. The maximum atomic E-state index is 14.0. The zero-order chi connectivity index (χ0) is 24.9. The lowest BCUT2D eigenvalue weighted by Crippen LogP contribution is -2.45. The van der Waals surface area contributed by atoms with Crippen molar-refractivity contribution in [1.29, 1.82) is 0 Å². The number of hydrogen-bond acceptors (Lipinski definition) is 5. The number of hydrogen-bond donors (Lipinski definition) is 2. The monoisotopic (exact) mass is 503 g/mol. The van der Waals surface area contributed by atoms with E-state index in [2.05, 4.69) is 10.3 Å². The van der Waals surface area contributed by atoms with E-state index in [-0.39, 0.29) is 24.5 Å². The fourth-order valence-corrected chi connectivity index (χ4v) is 5.16. The lowest BCUT2D eigenvalue weighted by molar-refractivity contribution is -0.127. The van der Waals surface area contributed by atoms with Gasteiger partial charge < -0.3 is 24.4 Å². The quantitative estimate of drug-likeness (QED) is 0.323. The number of thiophene rings is 1. The molecule has 1 aliphatic rings. The van der Waals surface area contributed by atoms with Crippen LogP contribution in [0.2, 0.25) is 0 Å². The minimum atomic E-state index is -0.932. The van der Waals surface area contributed by atoms with Crippen LogP contribution >= 0.6 is 11.3 Å². The highest BCUT2D eigenvalue weighted by Gasteiger charge is 2.35. The molecule has 0 unspecified atom stereocenters. The average molecular weight is 504 g/mol. The van der Waals surface area contributed by atoms with E-state index in [4.69, 9.17) is 9.15 Å². The largest absolute Gasteiger partial charge is 0.464 e. The molecule has 0 saturated carbocycles. The Labute approximate surface area is 214 Å². The van der Waals surface area contributed by atoms with Crippen LogP contribution in [0, 0.1) is 6.92 Å². The van der Waals surface area contributed by atoms with Crippen LogP contribution < -0.4 is 5.32 Å². The molecule has 2 atom stereocenters. The van der Waals surface area contributed by atoms with Crippen LogP contribution in [0.4, 0.5) is 0 Å². The second-order valence-electron chi connectivity index (χ2n) is 8.90. The van der Waals surface area contributed by atoms with Gasteiger partial charge in [0.05, 0.1) is 12.6 Å². The second kappa shape index (κ2) is 11.0. The molecule has 36 heavy (non-hydrogen) atoms. The summed E-state index contributed by atoms with van der Waals surface area (Å²) in [6.07, 6.45) is 1.89. The van der Waals surface area contributed by atoms with E-state index in [1.54, 1.807) is 28.4 Å². The molecule has 1 saturated heterocycles. The lowest BCUT2D eigenvalue weighted by Gasteiger charge is -2.29. The fraction of sp³-hybridized carbons (Fsp3) is 0.286. The number of nitrogens with one attached hydrogen (secondary N) is 2. The highest BCUT2D eigenvalue weighted by atomic mass is 32.1. The molecule has 1 aliphatic heterocycles. The summed E-state index contributed by atoms with van der Waals surface area (Å²) in [4.78, 5) is 33.4. The molecular formula is C28H29N3O4S. The van der Waals surface area contributed by atoms with E-state index in [1.807, 2.05) is 66.9 Å². The second-order valence-corrected chi connectivity index (χ2v) is 9.93. The summed E-state index contributed by atoms with van der Waals surface area (Å²) in [6, 6.07) is 20.0. The van der Waals surface area contributed by atoms with Crippen LogP contribution in [0.5, 0.6) is 0 Å². The SMILES string of the molecule is Cc1ccc([C@@H](C(=O)NC[C@H]2CCCO2)N(Cc2cccs2)C(=O)c2ccc(-c3ccccc3)[nH]2)o1. The van der Waals surface area contributed by atoms with E-state index in [9.17, 15) is 9.59 Å². The topological polar surface area (TPSA) is 87.6 Å². The number of aryl methyl sites for hydroxylation is 1. The summed E-state index contributed by atoms with van der Waals surface area (Å²) in [5.41, 5.74) is 2.22. The number of amides is 2. The van der Waals surface area contributed by atoms with Crippen molar-refractivity contribution in [2.24, 2.45) is 0 Å².